The predicted molar refractivity (Wildman–Crippen MR) is 58.7 cm³/mol. The molecule has 0 bridgehead atoms. The maximum absolute atomic E-state index is 10.8. The van der Waals surface area contributed by atoms with Gasteiger partial charge in [-0.3, -0.25) is 0 Å². The molecule has 1 aromatic carbocycles. The second-order valence-corrected chi connectivity index (χ2v) is 4.35. The fourth-order valence-corrected chi connectivity index (χ4v) is 1.29. The molecule has 0 aliphatic carbocycles. The summed E-state index contributed by atoms with van der Waals surface area (Å²) in [6.07, 6.45) is 0. The van der Waals surface area contributed by atoms with Crippen LogP contribution in [0, 0.1) is 10.6 Å². The zero-order valence-corrected chi connectivity index (χ0v) is 8.79. The minimum Gasteiger partial charge on any atom is -0.625 e. The summed E-state index contributed by atoms with van der Waals surface area (Å²) in [5.41, 5.74) is 7.66. The molecule has 76 valence electrons. The van der Waals surface area contributed by atoms with Crippen LogP contribution in [0.15, 0.2) is 24.3 Å². The van der Waals surface area contributed by atoms with Crippen LogP contribution < -0.4 is 10.9 Å². The molecule has 0 fully saturated rings. The van der Waals surface area contributed by atoms with Gasteiger partial charge in [0.1, 0.15) is 0 Å². The Morgan fingerprint density at radius 2 is 1.71 bits per heavy atom. The standard InChI is InChI=1S/C11H16N2O/c1-11(2,3)10(13-14)8-4-6-9(12)7-5-8/h4-7,13H,12H2,1-3H3. The van der Waals surface area contributed by atoms with Crippen molar-refractivity contribution >= 4 is 11.4 Å². The fourth-order valence-electron chi connectivity index (χ4n) is 1.29. The SMILES string of the molecule is CC(C)(C)C(=[NH+][O-])c1ccc(N)cc1. The Morgan fingerprint density at radius 3 is 2.07 bits per heavy atom. The molecule has 0 unspecified atom stereocenters. The van der Waals surface area contributed by atoms with Gasteiger partial charge in [0, 0.05) is 16.7 Å². The van der Waals surface area contributed by atoms with Crippen molar-refractivity contribution in [3.05, 3.63) is 35.0 Å². The second-order valence-electron chi connectivity index (χ2n) is 4.35. The third kappa shape index (κ3) is 2.25. The van der Waals surface area contributed by atoms with Crippen LogP contribution in [0.3, 0.4) is 0 Å². The van der Waals surface area contributed by atoms with Gasteiger partial charge < -0.3 is 10.9 Å². The first-order chi connectivity index (χ1) is 6.45. The van der Waals surface area contributed by atoms with Crippen molar-refractivity contribution < 1.29 is 5.16 Å². The van der Waals surface area contributed by atoms with Crippen molar-refractivity contribution in [3.8, 4) is 0 Å². The maximum atomic E-state index is 10.8. The lowest BCUT2D eigenvalue weighted by atomic mass is 9.86. The van der Waals surface area contributed by atoms with Crippen LogP contribution in [0.1, 0.15) is 26.3 Å². The van der Waals surface area contributed by atoms with E-state index < -0.39 is 0 Å². The Labute approximate surface area is 84.2 Å². The summed E-state index contributed by atoms with van der Waals surface area (Å²) in [5.74, 6) is 0. The molecular weight excluding hydrogens is 176 g/mol. The van der Waals surface area contributed by atoms with Crippen molar-refractivity contribution in [1.82, 2.24) is 0 Å². The van der Waals surface area contributed by atoms with E-state index in [1.807, 2.05) is 38.1 Å². The summed E-state index contributed by atoms with van der Waals surface area (Å²) in [7, 11) is 0. The number of nitrogen functional groups attached to an aromatic ring is 1. The van der Waals surface area contributed by atoms with Crippen LogP contribution in [0.2, 0.25) is 0 Å². The van der Waals surface area contributed by atoms with Gasteiger partial charge in [-0.1, -0.05) is 20.8 Å². The highest BCUT2D eigenvalue weighted by Crippen LogP contribution is 2.19. The van der Waals surface area contributed by atoms with Crippen molar-refractivity contribution in [2.24, 2.45) is 5.41 Å². The van der Waals surface area contributed by atoms with Crippen molar-refractivity contribution in [2.75, 3.05) is 5.73 Å². The average molecular weight is 192 g/mol. The monoisotopic (exact) mass is 192 g/mol. The average Bonchev–Trinajstić information content (AvgIpc) is 2.07. The molecule has 0 radical (unpaired) electrons. The number of anilines is 1. The molecule has 0 spiro atoms. The molecular formula is C11H16N2O. The summed E-state index contributed by atoms with van der Waals surface area (Å²) in [6.45, 7) is 5.97. The van der Waals surface area contributed by atoms with Crippen LogP contribution in [0.25, 0.3) is 0 Å². The largest absolute Gasteiger partial charge is 0.625 e. The van der Waals surface area contributed by atoms with Crippen LogP contribution in [-0.2, 0) is 0 Å². The number of nitrogens with two attached hydrogens (primary N) is 1. The van der Waals surface area contributed by atoms with E-state index in [-0.39, 0.29) is 5.41 Å². The number of hydrogen-bond donors (Lipinski definition) is 2. The molecule has 1 aromatic rings. The van der Waals surface area contributed by atoms with E-state index in [1.165, 1.54) is 0 Å². The van der Waals surface area contributed by atoms with E-state index in [4.69, 9.17) is 5.73 Å². The topological polar surface area (TPSA) is 63.0 Å². The molecule has 0 aliphatic rings. The van der Waals surface area contributed by atoms with Crippen LogP contribution in [0.4, 0.5) is 5.69 Å². The third-order valence-corrected chi connectivity index (χ3v) is 2.05. The second kappa shape index (κ2) is 3.70. The smallest absolute Gasteiger partial charge is 0.197 e. The maximum Gasteiger partial charge on any atom is 0.197 e. The van der Waals surface area contributed by atoms with Gasteiger partial charge in [0.2, 0.25) is 0 Å². The van der Waals surface area contributed by atoms with Gasteiger partial charge in [-0.25, -0.2) is 5.16 Å². The highest BCUT2D eigenvalue weighted by Gasteiger charge is 2.25. The summed E-state index contributed by atoms with van der Waals surface area (Å²) in [4.78, 5) is 0. The molecule has 0 aromatic heterocycles. The van der Waals surface area contributed by atoms with Crippen molar-refractivity contribution in [1.29, 1.82) is 0 Å². The van der Waals surface area contributed by atoms with Gasteiger partial charge in [-0.05, 0) is 24.3 Å². The highest BCUT2D eigenvalue weighted by molar-refractivity contribution is 6.00. The van der Waals surface area contributed by atoms with Crippen LogP contribution in [-0.4, -0.2) is 5.71 Å². The lowest BCUT2D eigenvalue weighted by molar-refractivity contribution is -0.377. The lowest BCUT2D eigenvalue weighted by Crippen LogP contribution is -2.69. The molecule has 3 N–H and O–H groups in total. The molecule has 3 nitrogen and oxygen atoms in total. The van der Waals surface area contributed by atoms with Gasteiger partial charge in [0.15, 0.2) is 5.71 Å². The Morgan fingerprint density at radius 1 is 1.21 bits per heavy atom. The van der Waals surface area contributed by atoms with Gasteiger partial charge >= 0.3 is 0 Å². The predicted octanol–water partition coefficient (Wildman–Crippen LogP) is 0.682. The fraction of sp³-hybridized carbons (Fsp3) is 0.364. The van der Waals surface area contributed by atoms with Gasteiger partial charge in [-0.2, -0.15) is 0 Å². The molecule has 3 heteroatoms. The van der Waals surface area contributed by atoms with E-state index in [0.29, 0.717) is 11.4 Å². The van der Waals surface area contributed by atoms with E-state index in [1.54, 1.807) is 12.1 Å². The van der Waals surface area contributed by atoms with E-state index in [2.05, 4.69) is 0 Å². The van der Waals surface area contributed by atoms with Crippen LogP contribution in [0.5, 0.6) is 0 Å². The van der Waals surface area contributed by atoms with Gasteiger partial charge in [0.05, 0.1) is 0 Å². The first kappa shape index (κ1) is 10.6. The Balaban J connectivity index is 3.10. The number of hydrogen-bond acceptors (Lipinski definition) is 2. The first-order valence-corrected chi connectivity index (χ1v) is 4.56. The Bertz CT molecular complexity index is 333. The molecule has 1 rings (SSSR count). The van der Waals surface area contributed by atoms with Crippen LogP contribution >= 0.6 is 0 Å². The zero-order valence-electron chi connectivity index (χ0n) is 8.79. The quantitative estimate of drug-likeness (QED) is 0.297. The summed E-state index contributed by atoms with van der Waals surface area (Å²) in [6, 6.07) is 7.28. The summed E-state index contributed by atoms with van der Waals surface area (Å²) < 4.78 is 0. The molecule has 14 heavy (non-hydrogen) atoms. The molecule has 0 saturated heterocycles. The zero-order chi connectivity index (χ0) is 10.8. The third-order valence-electron chi connectivity index (χ3n) is 2.05. The molecule has 0 aliphatic heterocycles. The minimum atomic E-state index is -0.183. The number of rotatable bonds is 1. The number of nitrogens with one attached hydrogen (secondary N) is 1. The van der Waals surface area contributed by atoms with Gasteiger partial charge in [-0.15, -0.1) is 0 Å². The lowest BCUT2D eigenvalue weighted by Gasteiger charge is -2.17. The molecule has 0 atom stereocenters. The number of benzene rings is 1. The van der Waals surface area contributed by atoms with E-state index >= 15 is 0 Å². The highest BCUT2D eigenvalue weighted by atomic mass is 16.4. The molecule has 0 heterocycles. The normalized spacial score (nSPS) is 12.9. The van der Waals surface area contributed by atoms with E-state index in [9.17, 15) is 5.21 Å². The summed E-state index contributed by atoms with van der Waals surface area (Å²) in [5, 5.41) is 12.8. The minimum absolute atomic E-state index is 0.183. The van der Waals surface area contributed by atoms with Gasteiger partial charge in [0.25, 0.3) is 0 Å². The molecule has 0 saturated carbocycles. The molecule has 0 amide bonds. The van der Waals surface area contributed by atoms with Crippen molar-refractivity contribution in [2.45, 2.75) is 20.8 Å². The Kier molecular flexibility index (Phi) is 2.79. The first-order valence-electron chi connectivity index (χ1n) is 4.56. The summed E-state index contributed by atoms with van der Waals surface area (Å²) >= 11 is 0. The van der Waals surface area contributed by atoms with Crippen molar-refractivity contribution in [3.63, 3.8) is 0 Å². The Hall–Kier alpha value is -1.51. The van der Waals surface area contributed by atoms with E-state index in [0.717, 1.165) is 5.56 Å².